The van der Waals surface area contributed by atoms with Crippen LogP contribution < -0.4 is 0 Å². The normalized spacial score (nSPS) is 28.5. The van der Waals surface area contributed by atoms with Gasteiger partial charge in [-0.1, -0.05) is 0 Å². The van der Waals surface area contributed by atoms with Crippen molar-refractivity contribution in [2.45, 2.75) is 25.5 Å². The molecule has 0 amide bonds. The highest BCUT2D eigenvalue weighted by Gasteiger charge is 2.37. The van der Waals surface area contributed by atoms with E-state index in [2.05, 4.69) is 14.2 Å². The van der Waals surface area contributed by atoms with E-state index in [4.69, 9.17) is 0 Å². The largest absolute Gasteiger partial charge is 0.511 e. The van der Waals surface area contributed by atoms with Crippen molar-refractivity contribution < 1.29 is 32.2 Å². The first-order valence-electron chi connectivity index (χ1n) is 3.44. The Morgan fingerprint density at radius 3 is 2.46 bits per heavy atom. The SMILES string of the molecule is CC1OC(=O)OC1OCC(F)(F)F. The first-order valence-corrected chi connectivity index (χ1v) is 3.44. The molecule has 1 aliphatic heterocycles. The molecule has 0 aromatic heterocycles. The molecule has 0 spiro atoms. The van der Waals surface area contributed by atoms with Crippen LogP contribution in [-0.2, 0) is 14.2 Å². The van der Waals surface area contributed by atoms with Crippen molar-refractivity contribution in [3.05, 3.63) is 0 Å². The molecule has 1 fully saturated rings. The molecule has 0 aromatic carbocycles. The van der Waals surface area contributed by atoms with Crippen molar-refractivity contribution >= 4 is 6.16 Å². The van der Waals surface area contributed by atoms with Gasteiger partial charge in [0.1, 0.15) is 6.61 Å². The fourth-order valence-electron chi connectivity index (χ4n) is 0.772. The van der Waals surface area contributed by atoms with E-state index < -0.39 is 31.3 Å². The van der Waals surface area contributed by atoms with Crippen LogP contribution in [-0.4, -0.2) is 31.3 Å². The second-order valence-electron chi connectivity index (χ2n) is 2.49. The average Bonchev–Trinajstić information content (AvgIpc) is 2.24. The highest BCUT2D eigenvalue weighted by atomic mass is 19.4. The molecule has 0 aromatic rings. The molecule has 0 aliphatic carbocycles. The van der Waals surface area contributed by atoms with E-state index in [0.717, 1.165) is 0 Å². The van der Waals surface area contributed by atoms with Gasteiger partial charge in [-0.25, -0.2) is 4.79 Å². The maximum Gasteiger partial charge on any atom is 0.511 e. The van der Waals surface area contributed by atoms with E-state index >= 15 is 0 Å². The van der Waals surface area contributed by atoms with Gasteiger partial charge in [-0.3, -0.25) is 0 Å². The van der Waals surface area contributed by atoms with Gasteiger partial charge >= 0.3 is 12.3 Å². The molecule has 1 aliphatic rings. The van der Waals surface area contributed by atoms with Crippen LogP contribution in [0.4, 0.5) is 18.0 Å². The highest BCUT2D eigenvalue weighted by molar-refractivity contribution is 5.62. The molecule has 7 heteroatoms. The van der Waals surface area contributed by atoms with Crippen molar-refractivity contribution in [3.8, 4) is 0 Å². The number of halogens is 3. The minimum atomic E-state index is -4.44. The molecule has 1 heterocycles. The fourth-order valence-corrected chi connectivity index (χ4v) is 0.772. The third-order valence-corrected chi connectivity index (χ3v) is 1.29. The summed E-state index contributed by atoms with van der Waals surface area (Å²) in [6.45, 7) is -0.0788. The van der Waals surface area contributed by atoms with Crippen LogP contribution in [0.1, 0.15) is 6.92 Å². The Hall–Kier alpha value is -0.980. The summed E-state index contributed by atoms with van der Waals surface area (Å²) in [7, 11) is 0. The van der Waals surface area contributed by atoms with Crippen molar-refractivity contribution in [1.29, 1.82) is 0 Å². The third kappa shape index (κ3) is 3.10. The lowest BCUT2D eigenvalue weighted by Gasteiger charge is -2.13. The lowest BCUT2D eigenvalue weighted by atomic mass is 10.4. The molecule has 0 bridgehead atoms. The molecule has 1 saturated heterocycles. The lowest BCUT2D eigenvalue weighted by molar-refractivity contribution is -0.215. The molecule has 1 rings (SSSR count). The average molecular weight is 200 g/mol. The van der Waals surface area contributed by atoms with Crippen LogP contribution in [0, 0.1) is 0 Å². The zero-order valence-corrected chi connectivity index (χ0v) is 6.63. The summed E-state index contributed by atoms with van der Waals surface area (Å²) in [6, 6.07) is 0. The van der Waals surface area contributed by atoms with E-state index in [-0.39, 0.29) is 0 Å². The maximum absolute atomic E-state index is 11.6. The third-order valence-electron chi connectivity index (χ3n) is 1.29. The number of hydrogen-bond acceptors (Lipinski definition) is 4. The number of ether oxygens (including phenoxy) is 3. The number of carbonyl (C=O) groups excluding carboxylic acids is 1. The molecule has 4 nitrogen and oxygen atoms in total. The Kier molecular flexibility index (Phi) is 2.65. The molecule has 0 saturated carbocycles. The predicted molar refractivity (Wildman–Crippen MR) is 32.8 cm³/mol. The molecule has 0 N–H and O–H groups in total. The molecule has 76 valence electrons. The van der Waals surface area contributed by atoms with E-state index in [1.165, 1.54) is 6.92 Å². The number of rotatable bonds is 2. The monoisotopic (exact) mass is 200 g/mol. The highest BCUT2D eigenvalue weighted by Crippen LogP contribution is 2.20. The Morgan fingerprint density at radius 2 is 2.08 bits per heavy atom. The van der Waals surface area contributed by atoms with Gasteiger partial charge in [-0.15, -0.1) is 0 Å². The van der Waals surface area contributed by atoms with Gasteiger partial charge in [0.05, 0.1) is 0 Å². The van der Waals surface area contributed by atoms with Gasteiger partial charge in [0, 0.05) is 0 Å². The van der Waals surface area contributed by atoms with Crippen molar-refractivity contribution in [3.63, 3.8) is 0 Å². The maximum atomic E-state index is 11.6. The molecular weight excluding hydrogens is 193 g/mol. The summed E-state index contributed by atoms with van der Waals surface area (Å²) in [6.07, 6.45) is -7.53. The van der Waals surface area contributed by atoms with Gasteiger partial charge in [0.15, 0.2) is 6.10 Å². The zero-order valence-electron chi connectivity index (χ0n) is 6.63. The lowest BCUT2D eigenvalue weighted by Crippen LogP contribution is -2.28. The summed E-state index contributed by atoms with van der Waals surface area (Å²) < 4.78 is 47.8. The molecular formula is C6H7F3O4. The van der Waals surface area contributed by atoms with Gasteiger partial charge in [0.25, 0.3) is 0 Å². The second kappa shape index (κ2) is 3.41. The zero-order chi connectivity index (χ0) is 10.1. The van der Waals surface area contributed by atoms with Gasteiger partial charge in [-0.05, 0) is 6.92 Å². The first-order chi connectivity index (χ1) is 5.88. The Balaban J connectivity index is 2.34. The summed E-state index contributed by atoms with van der Waals surface area (Å²) >= 11 is 0. The Labute approximate surface area is 71.6 Å². The minimum Gasteiger partial charge on any atom is -0.425 e. The van der Waals surface area contributed by atoms with E-state index in [1.807, 2.05) is 0 Å². The van der Waals surface area contributed by atoms with Gasteiger partial charge in [0.2, 0.25) is 6.29 Å². The number of hydrogen-bond donors (Lipinski definition) is 0. The molecule has 13 heavy (non-hydrogen) atoms. The molecule has 2 atom stereocenters. The Morgan fingerprint density at radius 1 is 1.46 bits per heavy atom. The van der Waals surface area contributed by atoms with Gasteiger partial charge in [-0.2, -0.15) is 13.2 Å². The van der Waals surface area contributed by atoms with Crippen LogP contribution >= 0.6 is 0 Å². The predicted octanol–water partition coefficient (Wildman–Crippen LogP) is 1.45. The van der Waals surface area contributed by atoms with Crippen LogP contribution in [0.15, 0.2) is 0 Å². The standard InChI is InChI=1S/C6H7F3O4/c1-3-4(13-5(10)12-3)11-2-6(7,8)9/h3-4H,2H2,1H3. The van der Waals surface area contributed by atoms with E-state index in [1.54, 1.807) is 0 Å². The number of carbonyl (C=O) groups is 1. The summed E-state index contributed by atoms with van der Waals surface area (Å²) in [5, 5.41) is 0. The quantitative estimate of drug-likeness (QED) is 0.633. The smallest absolute Gasteiger partial charge is 0.425 e. The second-order valence-corrected chi connectivity index (χ2v) is 2.49. The molecule has 0 radical (unpaired) electrons. The van der Waals surface area contributed by atoms with E-state index in [9.17, 15) is 18.0 Å². The minimum absolute atomic E-state index is 0.810. The van der Waals surface area contributed by atoms with E-state index in [0.29, 0.717) is 0 Å². The summed E-state index contributed by atoms with van der Waals surface area (Å²) in [4.78, 5) is 10.4. The van der Waals surface area contributed by atoms with Crippen LogP contribution in [0.5, 0.6) is 0 Å². The number of alkyl halides is 3. The topological polar surface area (TPSA) is 44.8 Å². The molecule has 2 unspecified atom stereocenters. The van der Waals surface area contributed by atoms with Crippen LogP contribution in [0.3, 0.4) is 0 Å². The number of cyclic esters (lactones) is 2. The first kappa shape index (κ1) is 10.1. The van der Waals surface area contributed by atoms with Crippen LogP contribution in [0.2, 0.25) is 0 Å². The van der Waals surface area contributed by atoms with Crippen molar-refractivity contribution in [2.75, 3.05) is 6.61 Å². The van der Waals surface area contributed by atoms with Crippen molar-refractivity contribution in [2.24, 2.45) is 0 Å². The van der Waals surface area contributed by atoms with Crippen LogP contribution in [0.25, 0.3) is 0 Å². The van der Waals surface area contributed by atoms with Gasteiger partial charge < -0.3 is 14.2 Å². The Bertz CT molecular complexity index is 203. The summed E-state index contributed by atoms with van der Waals surface area (Å²) in [5.41, 5.74) is 0. The fraction of sp³-hybridized carbons (Fsp3) is 0.833. The van der Waals surface area contributed by atoms with Crippen molar-refractivity contribution in [1.82, 2.24) is 0 Å². The summed E-state index contributed by atoms with van der Waals surface area (Å²) in [5.74, 6) is 0.